The lowest BCUT2D eigenvalue weighted by Crippen LogP contribution is -2.38. The molecule has 10 heteroatoms. The highest BCUT2D eigenvalue weighted by molar-refractivity contribution is 7.99. The van der Waals surface area contributed by atoms with Gasteiger partial charge in [-0.3, -0.25) is 0 Å². The van der Waals surface area contributed by atoms with Gasteiger partial charge in [-0.05, 0) is 17.5 Å². The number of hydrogen-bond acceptors (Lipinski definition) is 7. The van der Waals surface area contributed by atoms with E-state index in [9.17, 15) is 13.2 Å². The number of sulfonamides is 1. The maximum atomic E-state index is 12.9. The van der Waals surface area contributed by atoms with Crippen molar-refractivity contribution in [2.24, 2.45) is 0 Å². The minimum Gasteiger partial charge on any atom is -0.456 e. The van der Waals surface area contributed by atoms with Crippen LogP contribution >= 0.6 is 46.0 Å². The molecule has 1 aliphatic heterocycles. The Morgan fingerprint density at radius 2 is 1.93 bits per heavy atom. The number of thioether (sulfide) groups is 1. The lowest BCUT2D eigenvalue weighted by atomic mass is 10.2. The van der Waals surface area contributed by atoms with Gasteiger partial charge in [0.2, 0.25) is 10.0 Å². The second-order valence-corrected chi connectivity index (χ2v) is 11.6. The molecule has 0 aliphatic carbocycles. The van der Waals surface area contributed by atoms with Crippen LogP contribution in [0.25, 0.3) is 10.1 Å². The summed E-state index contributed by atoms with van der Waals surface area (Å²) in [5, 5.41) is 3.09. The topological polar surface area (TPSA) is 63.7 Å². The van der Waals surface area contributed by atoms with Gasteiger partial charge in [0.15, 0.2) is 0 Å². The fraction of sp³-hybridized carbons (Fsp3) is 0.278. The molecule has 148 valence electrons. The van der Waals surface area contributed by atoms with Crippen molar-refractivity contribution in [3.8, 4) is 0 Å². The first-order valence-corrected chi connectivity index (χ1v) is 13.1. The lowest BCUT2D eigenvalue weighted by Gasteiger charge is -2.25. The van der Waals surface area contributed by atoms with Crippen LogP contribution in [0.15, 0.2) is 40.6 Å². The molecule has 0 N–H and O–H groups in total. The third-order valence-corrected chi connectivity index (χ3v) is 9.93. The maximum Gasteiger partial charge on any atom is 0.350 e. The van der Waals surface area contributed by atoms with Gasteiger partial charge in [0.25, 0.3) is 0 Å². The first kappa shape index (κ1) is 20.2. The Hall–Kier alpha value is -1.10. The van der Waals surface area contributed by atoms with E-state index in [1.807, 2.05) is 24.3 Å². The van der Waals surface area contributed by atoms with Crippen molar-refractivity contribution in [3.05, 3.63) is 50.5 Å². The molecule has 4 rings (SSSR count). The number of benzene rings is 1. The predicted molar refractivity (Wildman–Crippen MR) is 116 cm³/mol. The molecule has 1 fully saturated rings. The molecule has 0 amide bonds. The van der Waals surface area contributed by atoms with Gasteiger partial charge in [-0.25, -0.2) is 13.2 Å². The molecule has 0 unspecified atom stereocenters. The number of thiophene rings is 2. The Labute approximate surface area is 180 Å². The van der Waals surface area contributed by atoms with E-state index in [0.29, 0.717) is 18.1 Å². The van der Waals surface area contributed by atoms with Crippen LogP contribution in [0.3, 0.4) is 0 Å². The largest absolute Gasteiger partial charge is 0.456 e. The zero-order chi connectivity index (χ0) is 19.7. The van der Waals surface area contributed by atoms with Crippen LogP contribution in [-0.4, -0.2) is 43.3 Å². The fourth-order valence-corrected chi connectivity index (χ4v) is 8.19. The second kappa shape index (κ2) is 8.33. The van der Waals surface area contributed by atoms with Gasteiger partial charge < -0.3 is 4.74 Å². The van der Waals surface area contributed by atoms with Crippen LogP contribution in [0.4, 0.5) is 0 Å². The predicted octanol–water partition coefficient (Wildman–Crippen LogP) is 4.71. The number of hydrogen-bond donors (Lipinski definition) is 0. The molecule has 0 radical (unpaired) electrons. The number of carbonyl (C=O) groups excluding carboxylic acids is 1. The van der Waals surface area contributed by atoms with E-state index < -0.39 is 16.0 Å². The maximum absolute atomic E-state index is 12.9. The molecule has 3 heterocycles. The quantitative estimate of drug-likeness (QED) is 0.502. The summed E-state index contributed by atoms with van der Waals surface area (Å²) in [5.41, 5.74) is 0. The van der Waals surface area contributed by atoms with E-state index >= 15 is 0 Å². The van der Waals surface area contributed by atoms with Gasteiger partial charge >= 0.3 is 5.97 Å². The smallest absolute Gasteiger partial charge is 0.350 e. The summed E-state index contributed by atoms with van der Waals surface area (Å²) in [4.78, 5) is 13.5. The zero-order valence-corrected chi connectivity index (χ0v) is 18.6. The van der Waals surface area contributed by atoms with Crippen molar-refractivity contribution in [1.29, 1.82) is 0 Å². The molecular formula is C18H16ClNO4S4. The first-order valence-electron chi connectivity index (χ1n) is 8.47. The SMILES string of the molecule is O=C(OCc1sc2ccccc2c1Cl)c1sccc1S(=O)(=O)N1CCSCC1. The van der Waals surface area contributed by atoms with Crippen molar-refractivity contribution in [1.82, 2.24) is 4.31 Å². The Balaban J connectivity index is 1.53. The highest BCUT2D eigenvalue weighted by atomic mass is 35.5. The van der Waals surface area contributed by atoms with Crippen LogP contribution in [0.1, 0.15) is 14.5 Å². The van der Waals surface area contributed by atoms with Crippen LogP contribution in [0, 0.1) is 0 Å². The molecule has 1 aliphatic rings. The fourth-order valence-electron chi connectivity index (χ4n) is 2.93. The van der Waals surface area contributed by atoms with E-state index in [0.717, 1.165) is 37.8 Å². The van der Waals surface area contributed by atoms with E-state index in [-0.39, 0.29) is 16.4 Å². The average Bonchev–Trinajstić information content (AvgIpc) is 3.33. The highest BCUT2D eigenvalue weighted by Gasteiger charge is 2.31. The minimum absolute atomic E-state index is 0.00869. The highest BCUT2D eigenvalue weighted by Crippen LogP contribution is 2.36. The molecule has 1 aromatic carbocycles. The van der Waals surface area contributed by atoms with Gasteiger partial charge in [0, 0.05) is 34.7 Å². The normalized spacial score (nSPS) is 15.8. The summed E-state index contributed by atoms with van der Waals surface area (Å²) in [7, 11) is -3.70. The van der Waals surface area contributed by atoms with Gasteiger partial charge in [0.05, 0.1) is 9.90 Å². The third-order valence-electron chi connectivity index (χ3n) is 4.34. The number of ether oxygens (including phenoxy) is 1. The number of halogens is 1. The van der Waals surface area contributed by atoms with Crippen LogP contribution < -0.4 is 0 Å². The molecule has 0 saturated carbocycles. The molecule has 0 spiro atoms. The minimum atomic E-state index is -3.70. The number of carbonyl (C=O) groups is 1. The van der Waals surface area contributed by atoms with Gasteiger partial charge in [-0.1, -0.05) is 29.8 Å². The zero-order valence-electron chi connectivity index (χ0n) is 14.6. The first-order chi connectivity index (χ1) is 13.5. The van der Waals surface area contributed by atoms with E-state index in [1.165, 1.54) is 21.7 Å². The summed E-state index contributed by atoms with van der Waals surface area (Å²) in [6, 6.07) is 9.18. The van der Waals surface area contributed by atoms with Crippen LogP contribution in [0.5, 0.6) is 0 Å². The average molecular weight is 474 g/mol. The Morgan fingerprint density at radius 3 is 2.68 bits per heavy atom. The third kappa shape index (κ3) is 3.83. The van der Waals surface area contributed by atoms with E-state index in [4.69, 9.17) is 16.3 Å². The van der Waals surface area contributed by atoms with E-state index in [2.05, 4.69) is 0 Å². The molecular weight excluding hydrogens is 458 g/mol. The molecule has 2 aromatic heterocycles. The number of nitrogens with zero attached hydrogens (tertiary/aromatic N) is 1. The molecule has 1 saturated heterocycles. The summed E-state index contributed by atoms with van der Waals surface area (Å²) in [6.07, 6.45) is 0. The Kier molecular flexibility index (Phi) is 6.01. The number of esters is 1. The van der Waals surface area contributed by atoms with Gasteiger partial charge in [-0.15, -0.1) is 22.7 Å². The van der Waals surface area contributed by atoms with Crippen LogP contribution in [-0.2, 0) is 21.4 Å². The van der Waals surface area contributed by atoms with Crippen molar-refractivity contribution in [2.75, 3.05) is 24.6 Å². The monoisotopic (exact) mass is 473 g/mol. The molecule has 3 aromatic rings. The standard InChI is InChI=1S/C18H16ClNO4S4/c19-16-12-3-1-2-4-13(12)27-14(16)11-24-18(21)17-15(5-8-26-17)28(22,23)20-6-9-25-10-7-20/h1-5,8H,6-7,9-11H2. The number of rotatable bonds is 5. The Bertz CT molecular complexity index is 1120. The summed E-state index contributed by atoms with van der Waals surface area (Å²) >= 11 is 10.7. The van der Waals surface area contributed by atoms with Gasteiger partial charge in [-0.2, -0.15) is 16.1 Å². The molecule has 0 bridgehead atoms. The van der Waals surface area contributed by atoms with Crippen LogP contribution in [0.2, 0.25) is 5.02 Å². The summed E-state index contributed by atoms with van der Waals surface area (Å²) < 4.78 is 33.7. The summed E-state index contributed by atoms with van der Waals surface area (Å²) in [5.74, 6) is 0.870. The van der Waals surface area contributed by atoms with Gasteiger partial charge in [0.1, 0.15) is 16.4 Å². The van der Waals surface area contributed by atoms with Crippen molar-refractivity contribution >= 4 is 72.1 Å². The molecule has 0 atom stereocenters. The summed E-state index contributed by atoms with van der Waals surface area (Å²) in [6.45, 7) is 0.915. The Morgan fingerprint density at radius 1 is 1.18 bits per heavy atom. The van der Waals surface area contributed by atoms with E-state index in [1.54, 1.807) is 17.1 Å². The molecule has 5 nitrogen and oxygen atoms in total. The number of fused-ring (bicyclic) bond motifs is 1. The molecule has 28 heavy (non-hydrogen) atoms. The lowest BCUT2D eigenvalue weighted by molar-refractivity contribution is 0.0478. The van der Waals surface area contributed by atoms with Crippen molar-refractivity contribution in [3.63, 3.8) is 0 Å². The van der Waals surface area contributed by atoms with Crippen molar-refractivity contribution < 1.29 is 17.9 Å². The second-order valence-electron chi connectivity index (χ2n) is 6.04. The van der Waals surface area contributed by atoms with Crippen molar-refractivity contribution in [2.45, 2.75) is 11.5 Å².